The topological polar surface area (TPSA) is 33.7 Å². The van der Waals surface area contributed by atoms with E-state index in [0.29, 0.717) is 18.0 Å². The van der Waals surface area contributed by atoms with Crippen molar-refractivity contribution in [2.24, 2.45) is 0 Å². The Morgan fingerprint density at radius 3 is 2.64 bits per heavy atom. The van der Waals surface area contributed by atoms with Crippen molar-refractivity contribution in [1.29, 1.82) is 0 Å². The predicted octanol–water partition coefficient (Wildman–Crippen LogP) is 3.28. The summed E-state index contributed by atoms with van der Waals surface area (Å²) in [4.78, 5) is 2.21. The quantitative estimate of drug-likeness (QED) is 0.940. The van der Waals surface area contributed by atoms with Crippen molar-refractivity contribution < 1.29 is 13.9 Å². The maximum atomic E-state index is 13.4. The average Bonchev–Trinajstić information content (AvgIpc) is 2.54. The second-order valence-electron chi connectivity index (χ2n) is 5.20. The van der Waals surface area contributed by atoms with E-state index in [-0.39, 0.29) is 5.82 Å². The monoisotopic (exact) mass is 302 g/mol. The minimum atomic E-state index is -0.208. The lowest BCUT2D eigenvalue weighted by Crippen LogP contribution is -2.33. The van der Waals surface area contributed by atoms with E-state index in [1.54, 1.807) is 26.4 Å². The first-order chi connectivity index (χ1) is 10.7. The smallest absolute Gasteiger partial charge is 0.162 e. The van der Waals surface area contributed by atoms with Crippen LogP contribution in [0.3, 0.4) is 0 Å². The molecule has 0 atom stereocenters. The molecule has 2 aromatic carbocycles. The number of halogens is 1. The number of rotatable bonds is 4. The first kappa shape index (κ1) is 14.5. The molecule has 0 saturated heterocycles. The number of ether oxygens (including phenoxy) is 2. The highest BCUT2D eigenvalue weighted by atomic mass is 19.1. The summed E-state index contributed by atoms with van der Waals surface area (Å²) in [6.45, 7) is 2.33. The van der Waals surface area contributed by atoms with E-state index in [0.717, 1.165) is 30.0 Å². The van der Waals surface area contributed by atoms with Gasteiger partial charge in [0.25, 0.3) is 0 Å². The lowest BCUT2D eigenvalue weighted by atomic mass is 10.1. The van der Waals surface area contributed by atoms with Crippen molar-refractivity contribution in [3.63, 3.8) is 0 Å². The Bertz CT molecular complexity index is 676. The van der Waals surface area contributed by atoms with Gasteiger partial charge in [-0.1, -0.05) is 12.1 Å². The largest absolute Gasteiger partial charge is 0.493 e. The van der Waals surface area contributed by atoms with Gasteiger partial charge in [-0.3, -0.25) is 0 Å². The van der Waals surface area contributed by atoms with E-state index in [1.165, 1.54) is 6.07 Å². The molecule has 1 aliphatic rings. The molecule has 0 amide bonds. The van der Waals surface area contributed by atoms with Gasteiger partial charge in [0.05, 0.1) is 25.6 Å². The van der Waals surface area contributed by atoms with Gasteiger partial charge in [-0.25, -0.2) is 4.39 Å². The molecule has 3 rings (SSSR count). The molecule has 1 heterocycles. The summed E-state index contributed by atoms with van der Waals surface area (Å²) in [5.41, 5.74) is 2.98. The molecule has 2 aromatic rings. The molecule has 116 valence electrons. The summed E-state index contributed by atoms with van der Waals surface area (Å²) in [5.74, 6) is 1.18. The SMILES string of the molecule is COc1cc2c(cc1OC)N(Cc1cccc(F)c1)CCN2. The van der Waals surface area contributed by atoms with Crippen LogP contribution in [0.1, 0.15) is 5.56 Å². The second-order valence-corrected chi connectivity index (χ2v) is 5.20. The predicted molar refractivity (Wildman–Crippen MR) is 85.5 cm³/mol. The van der Waals surface area contributed by atoms with Gasteiger partial charge in [-0.2, -0.15) is 0 Å². The third kappa shape index (κ3) is 2.79. The van der Waals surface area contributed by atoms with Gasteiger partial charge < -0.3 is 19.7 Å². The van der Waals surface area contributed by atoms with Crippen LogP contribution in [0.4, 0.5) is 15.8 Å². The van der Waals surface area contributed by atoms with Gasteiger partial charge in [-0.15, -0.1) is 0 Å². The van der Waals surface area contributed by atoms with Crippen LogP contribution in [-0.4, -0.2) is 27.3 Å². The van der Waals surface area contributed by atoms with Crippen molar-refractivity contribution in [2.75, 3.05) is 37.5 Å². The van der Waals surface area contributed by atoms with Crippen molar-refractivity contribution in [2.45, 2.75) is 6.54 Å². The number of fused-ring (bicyclic) bond motifs is 1. The zero-order valence-electron chi connectivity index (χ0n) is 12.7. The van der Waals surface area contributed by atoms with Crippen LogP contribution in [0.5, 0.6) is 11.5 Å². The Kier molecular flexibility index (Phi) is 4.04. The van der Waals surface area contributed by atoms with E-state index >= 15 is 0 Å². The molecule has 0 spiro atoms. The maximum absolute atomic E-state index is 13.4. The molecular weight excluding hydrogens is 283 g/mol. The first-order valence-corrected chi connectivity index (χ1v) is 7.20. The summed E-state index contributed by atoms with van der Waals surface area (Å²) >= 11 is 0. The minimum Gasteiger partial charge on any atom is -0.493 e. The Labute approximate surface area is 129 Å². The molecule has 5 heteroatoms. The van der Waals surface area contributed by atoms with Crippen LogP contribution in [0.2, 0.25) is 0 Å². The van der Waals surface area contributed by atoms with E-state index in [9.17, 15) is 4.39 Å². The number of nitrogens with zero attached hydrogens (tertiary/aromatic N) is 1. The van der Waals surface area contributed by atoms with Crippen molar-refractivity contribution in [3.8, 4) is 11.5 Å². The lowest BCUT2D eigenvalue weighted by molar-refractivity contribution is 0.355. The third-order valence-corrected chi connectivity index (χ3v) is 3.80. The highest BCUT2D eigenvalue weighted by Gasteiger charge is 2.20. The maximum Gasteiger partial charge on any atom is 0.162 e. The molecule has 22 heavy (non-hydrogen) atoms. The minimum absolute atomic E-state index is 0.208. The third-order valence-electron chi connectivity index (χ3n) is 3.80. The number of methoxy groups -OCH3 is 2. The van der Waals surface area contributed by atoms with Crippen molar-refractivity contribution >= 4 is 11.4 Å². The molecule has 0 saturated carbocycles. The lowest BCUT2D eigenvalue weighted by Gasteiger charge is -2.33. The van der Waals surface area contributed by atoms with Gasteiger partial charge in [0, 0.05) is 31.8 Å². The van der Waals surface area contributed by atoms with Crippen molar-refractivity contribution in [1.82, 2.24) is 0 Å². The zero-order chi connectivity index (χ0) is 15.5. The van der Waals surface area contributed by atoms with Crippen LogP contribution in [0.25, 0.3) is 0 Å². The Morgan fingerprint density at radius 2 is 1.91 bits per heavy atom. The molecule has 0 aromatic heterocycles. The molecule has 0 aliphatic carbocycles. The zero-order valence-corrected chi connectivity index (χ0v) is 12.7. The summed E-state index contributed by atoms with van der Waals surface area (Å²) in [7, 11) is 3.25. The fourth-order valence-corrected chi connectivity index (χ4v) is 2.74. The summed E-state index contributed by atoms with van der Waals surface area (Å²) in [5, 5.41) is 3.36. The Morgan fingerprint density at radius 1 is 1.14 bits per heavy atom. The number of anilines is 2. The summed E-state index contributed by atoms with van der Waals surface area (Å²) < 4.78 is 24.1. The highest BCUT2D eigenvalue weighted by molar-refractivity contribution is 5.76. The number of benzene rings is 2. The molecule has 0 unspecified atom stereocenters. The van der Waals surface area contributed by atoms with Gasteiger partial charge in [0.15, 0.2) is 11.5 Å². The first-order valence-electron chi connectivity index (χ1n) is 7.20. The molecule has 0 bridgehead atoms. The van der Waals surface area contributed by atoms with E-state index < -0.39 is 0 Å². The number of nitrogens with one attached hydrogen (secondary N) is 1. The Hall–Kier alpha value is -2.43. The average molecular weight is 302 g/mol. The van der Waals surface area contributed by atoms with E-state index in [1.807, 2.05) is 18.2 Å². The Balaban J connectivity index is 1.93. The fourth-order valence-electron chi connectivity index (χ4n) is 2.74. The van der Waals surface area contributed by atoms with Crippen LogP contribution >= 0.6 is 0 Å². The molecular formula is C17H19FN2O2. The van der Waals surface area contributed by atoms with E-state index in [4.69, 9.17) is 9.47 Å². The number of hydrogen-bond acceptors (Lipinski definition) is 4. The molecule has 1 aliphatic heterocycles. The standard InChI is InChI=1S/C17H19FN2O2/c1-21-16-9-14-15(10-17(16)22-2)20(7-6-19-14)11-12-4-3-5-13(18)8-12/h3-5,8-10,19H,6-7,11H2,1-2H3. The van der Waals surface area contributed by atoms with Gasteiger partial charge in [0.2, 0.25) is 0 Å². The van der Waals surface area contributed by atoms with Crippen LogP contribution in [0, 0.1) is 5.82 Å². The highest BCUT2D eigenvalue weighted by Crippen LogP contribution is 2.40. The molecule has 4 nitrogen and oxygen atoms in total. The molecule has 1 N–H and O–H groups in total. The summed E-state index contributed by atoms with van der Waals surface area (Å²) in [6.07, 6.45) is 0. The van der Waals surface area contributed by atoms with Crippen LogP contribution in [-0.2, 0) is 6.54 Å². The van der Waals surface area contributed by atoms with Gasteiger partial charge in [0.1, 0.15) is 5.82 Å². The van der Waals surface area contributed by atoms with E-state index in [2.05, 4.69) is 10.2 Å². The van der Waals surface area contributed by atoms with Gasteiger partial charge in [-0.05, 0) is 17.7 Å². The fraction of sp³-hybridized carbons (Fsp3) is 0.294. The van der Waals surface area contributed by atoms with Crippen molar-refractivity contribution in [3.05, 3.63) is 47.8 Å². The normalized spacial score (nSPS) is 13.3. The van der Waals surface area contributed by atoms with Crippen LogP contribution < -0.4 is 19.7 Å². The number of hydrogen-bond donors (Lipinski definition) is 1. The van der Waals surface area contributed by atoms with Gasteiger partial charge >= 0.3 is 0 Å². The summed E-state index contributed by atoms with van der Waals surface area (Å²) in [6, 6.07) is 10.6. The van der Waals surface area contributed by atoms with Crippen LogP contribution in [0.15, 0.2) is 36.4 Å². The molecule has 0 radical (unpaired) electrons. The second kappa shape index (κ2) is 6.13. The molecule has 0 fully saturated rings.